The van der Waals surface area contributed by atoms with Crippen LogP contribution in [0.4, 0.5) is 0 Å². The molecule has 0 bridgehead atoms. The maximum absolute atomic E-state index is 12.8. The van der Waals surface area contributed by atoms with Crippen molar-refractivity contribution in [3.05, 3.63) is 35.4 Å². The van der Waals surface area contributed by atoms with Gasteiger partial charge in [0.2, 0.25) is 0 Å². The lowest BCUT2D eigenvalue weighted by Crippen LogP contribution is -2.44. The molecule has 1 aromatic carbocycles. The number of carboxylic acid groups (broad SMARTS) is 1. The third kappa shape index (κ3) is 11.4. The van der Waals surface area contributed by atoms with Crippen molar-refractivity contribution in [2.45, 2.75) is 82.6 Å². The number of hydrogen-bond donors (Lipinski definition) is 1. The van der Waals surface area contributed by atoms with E-state index in [1.165, 1.54) is 18.2 Å². The van der Waals surface area contributed by atoms with Crippen LogP contribution in [0.25, 0.3) is 0 Å². The lowest BCUT2D eigenvalue weighted by atomic mass is 9.61. The summed E-state index contributed by atoms with van der Waals surface area (Å²) in [6, 6.07) is 5.81. The lowest BCUT2D eigenvalue weighted by molar-refractivity contribution is -0.165. The Morgan fingerprint density at radius 1 is 0.758 bits per heavy atom. The van der Waals surface area contributed by atoms with Crippen molar-refractivity contribution >= 4 is 17.9 Å². The number of carboxylic acids is 1. The fourth-order valence-corrected chi connectivity index (χ4v) is 3.06. The minimum absolute atomic E-state index is 0.0337. The highest BCUT2D eigenvalue weighted by molar-refractivity contribution is 6.02. The predicted molar refractivity (Wildman–Crippen MR) is 131 cm³/mol. The molecule has 0 radical (unpaired) electrons. The number of rotatable bonds is 7. The van der Waals surface area contributed by atoms with Gasteiger partial charge in [0.25, 0.3) is 0 Å². The van der Waals surface area contributed by atoms with Crippen LogP contribution in [0.2, 0.25) is 0 Å². The molecule has 0 aliphatic heterocycles. The highest BCUT2D eigenvalue weighted by Crippen LogP contribution is 2.47. The van der Waals surface area contributed by atoms with Gasteiger partial charge in [-0.1, -0.05) is 81.4 Å². The van der Waals surface area contributed by atoms with Crippen molar-refractivity contribution < 1.29 is 29.0 Å². The fourth-order valence-electron chi connectivity index (χ4n) is 3.06. The van der Waals surface area contributed by atoms with Gasteiger partial charge in [-0.2, -0.15) is 0 Å². The molecule has 6 nitrogen and oxygen atoms in total. The maximum atomic E-state index is 12.8. The van der Waals surface area contributed by atoms with Crippen molar-refractivity contribution in [1.29, 1.82) is 0 Å². The summed E-state index contributed by atoms with van der Waals surface area (Å²) >= 11 is 0. The summed E-state index contributed by atoms with van der Waals surface area (Å²) in [4.78, 5) is 36.1. The summed E-state index contributed by atoms with van der Waals surface area (Å²) < 4.78 is 10.5. The average molecular weight is 465 g/mol. The van der Waals surface area contributed by atoms with Gasteiger partial charge in [0.1, 0.15) is 13.2 Å². The van der Waals surface area contributed by atoms with E-state index in [1.807, 2.05) is 27.7 Å². The van der Waals surface area contributed by atoms with Gasteiger partial charge in [0.15, 0.2) is 0 Å². The van der Waals surface area contributed by atoms with Crippen LogP contribution in [0.3, 0.4) is 0 Å². The number of esters is 2. The molecule has 0 aliphatic carbocycles. The lowest BCUT2D eigenvalue weighted by Gasteiger charge is -2.43. The molecule has 33 heavy (non-hydrogen) atoms. The molecule has 1 N–H and O–H groups in total. The minimum atomic E-state index is -1.21. The zero-order valence-electron chi connectivity index (χ0n) is 22.4. The van der Waals surface area contributed by atoms with Crippen LogP contribution in [-0.4, -0.2) is 36.2 Å². The Hall–Kier alpha value is -2.37. The Morgan fingerprint density at radius 2 is 1.18 bits per heavy atom. The summed E-state index contributed by atoms with van der Waals surface area (Å²) in [5, 5.41) is 9.14. The summed E-state index contributed by atoms with van der Waals surface area (Å²) in [7, 11) is 0. The maximum Gasteiger partial charge on any atom is 0.339 e. The van der Waals surface area contributed by atoms with Gasteiger partial charge < -0.3 is 14.6 Å². The average Bonchev–Trinajstić information content (AvgIpc) is 2.61. The predicted octanol–water partition coefficient (Wildman–Crippen LogP) is 6.63. The first-order valence-electron chi connectivity index (χ1n) is 11.4. The number of aromatic carboxylic acids is 1. The minimum Gasteiger partial charge on any atom is -0.478 e. The zero-order chi connectivity index (χ0) is 26.3. The molecule has 0 saturated carbocycles. The number of benzene rings is 1. The van der Waals surface area contributed by atoms with Gasteiger partial charge >= 0.3 is 17.9 Å². The van der Waals surface area contributed by atoms with Crippen molar-refractivity contribution in [2.75, 3.05) is 13.2 Å². The SMILES string of the molecule is CC(C)(C)C.CC(C)(C)CC(C)(C(=O)OCCOC(=O)c1ccccc1C(=O)O)C(C)(C)C. The molecule has 6 heteroatoms. The number of hydrogen-bond acceptors (Lipinski definition) is 5. The normalized spacial score (nSPS) is 13.8. The Bertz CT molecular complexity index is 799. The Labute approximate surface area is 200 Å². The molecule has 0 fully saturated rings. The van der Waals surface area contributed by atoms with Gasteiger partial charge in [-0.05, 0) is 41.7 Å². The van der Waals surface area contributed by atoms with Gasteiger partial charge in [-0.3, -0.25) is 4.79 Å². The van der Waals surface area contributed by atoms with Crippen LogP contribution in [-0.2, 0) is 14.3 Å². The van der Waals surface area contributed by atoms with Crippen LogP contribution in [0.1, 0.15) is 103 Å². The third-order valence-electron chi connectivity index (χ3n) is 4.92. The molecule has 1 atom stereocenters. The second-order valence-electron chi connectivity index (χ2n) is 12.4. The van der Waals surface area contributed by atoms with E-state index < -0.39 is 17.4 Å². The molecular weight excluding hydrogens is 420 g/mol. The molecule has 188 valence electrons. The number of carbonyl (C=O) groups is 3. The molecule has 0 heterocycles. The van der Waals surface area contributed by atoms with E-state index in [0.29, 0.717) is 11.8 Å². The highest BCUT2D eigenvalue weighted by Gasteiger charge is 2.47. The fraction of sp³-hybridized carbons (Fsp3) is 0.667. The Morgan fingerprint density at radius 3 is 1.58 bits per heavy atom. The second-order valence-corrected chi connectivity index (χ2v) is 12.4. The van der Waals surface area contributed by atoms with Crippen LogP contribution >= 0.6 is 0 Å². The van der Waals surface area contributed by atoms with Crippen LogP contribution < -0.4 is 0 Å². The monoisotopic (exact) mass is 464 g/mol. The molecule has 0 saturated heterocycles. The first kappa shape index (κ1) is 30.6. The summed E-state index contributed by atoms with van der Waals surface area (Å²) in [5.41, 5.74) is -0.739. The van der Waals surface area contributed by atoms with Crippen LogP contribution in [0.15, 0.2) is 24.3 Å². The van der Waals surface area contributed by atoms with E-state index in [2.05, 4.69) is 48.5 Å². The van der Waals surface area contributed by atoms with Crippen molar-refractivity contribution in [1.82, 2.24) is 0 Å². The van der Waals surface area contributed by atoms with E-state index in [-0.39, 0.29) is 41.1 Å². The molecule has 0 amide bonds. The molecule has 0 spiro atoms. The largest absolute Gasteiger partial charge is 0.478 e. The van der Waals surface area contributed by atoms with Crippen molar-refractivity contribution in [3.8, 4) is 0 Å². The quantitative estimate of drug-likeness (QED) is 0.360. The van der Waals surface area contributed by atoms with Gasteiger partial charge in [-0.15, -0.1) is 0 Å². The standard InChI is InChI=1S/C22H32O6.C5H12/c1-20(2,3)14-22(7,21(4,5)6)19(26)28-13-12-27-18(25)16-11-9-8-10-15(16)17(23)24;1-5(2,3)4/h8-11H,12-14H2,1-7H3,(H,23,24);1-4H3. The highest BCUT2D eigenvalue weighted by atomic mass is 16.6. The Kier molecular flexibility index (Phi) is 10.8. The van der Waals surface area contributed by atoms with Crippen molar-refractivity contribution in [2.24, 2.45) is 21.7 Å². The van der Waals surface area contributed by atoms with Gasteiger partial charge in [0, 0.05) is 0 Å². The topological polar surface area (TPSA) is 89.9 Å². The van der Waals surface area contributed by atoms with E-state index >= 15 is 0 Å². The van der Waals surface area contributed by atoms with Crippen molar-refractivity contribution in [3.63, 3.8) is 0 Å². The van der Waals surface area contributed by atoms with Gasteiger partial charge in [-0.25, -0.2) is 9.59 Å². The van der Waals surface area contributed by atoms with E-state index in [9.17, 15) is 14.4 Å². The van der Waals surface area contributed by atoms with E-state index in [4.69, 9.17) is 14.6 Å². The summed E-state index contributed by atoms with van der Waals surface area (Å²) in [6.07, 6.45) is 0.647. The molecular formula is C27H44O6. The molecule has 0 aromatic heterocycles. The Balaban J connectivity index is 0.00000184. The molecule has 0 aliphatic rings. The van der Waals surface area contributed by atoms with Crippen LogP contribution in [0.5, 0.6) is 0 Å². The van der Waals surface area contributed by atoms with E-state index in [0.717, 1.165) is 0 Å². The molecule has 1 rings (SSSR count). The summed E-state index contributed by atoms with van der Waals surface area (Å²) in [6.45, 7) is 22.7. The third-order valence-corrected chi connectivity index (χ3v) is 4.92. The second kappa shape index (κ2) is 11.7. The smallest absolute Gasteiger partial charge is 0.339 e. The molecule has 1 unspecified atom stereocenters. The summed E-state index contributed by atoms with van der Waals surface area (Å²) in [5.74, 6) is -2.30. The van der Waals surface area contributed by atoms with Gasteiger partial charge in [0.05, 0.1) is 16.5 Å². The number of ether oxygens (including phenoxy) is 2. The van der Waals surface area contributed by atoms with Crippen LogP contribution in [0, 0.1) is 21.7 Å². The first-order chi connectivity index (χ1) is 14.7. The molecule has 1 aromatic rings. The van der Waals surface area contributed by atoms with E-state index in [1.54, 1.807) is 6.07 Å². The first-order valence-corrected chi connectivity index (χ1v) is 11.4. The zero-order valence-corrected chi connectivity index (χ0v) is 22.4. The number of carbonyl (C=O) groups excluding carboxylic acids is 2.